The van der Waals surface area contributed by atoms with Crippen molar-refractivity contribution < 1.29 is 33.1 Å². The Morgan fingerprint density at radius 2 is 1.73 bits per heavy atom. The van der Waals surface area contributed by atoms with Crippen molar-refractivity contribution in [2.45, 2.75) is 76.5 Å². The number of amides is 5. The predicted molar refractivity (Wildman–Crippen MR) is 220 cm³/mol. The summed E-state index contributed by atoms with van der Waals surface area (Å²) in [6.45, 7) is 13.7. The Balaban J connectivity index is 0.796. The molecule has 7 heterocycles. The fourth-order valence-corrected chi connectivity index (χ4v) is 10.4. The molecular weight excluding hydrogens is 775 g/mol. The lowest BCUT2D eigenvalue weighted by atomic mass is 9.87. The molecule has 0 aliphatic carbocycles. The van der Waals surface area contributed by atoms with Gasteiger partial charge in [-0.05, 0) is 75.3 Å². The Hall–Kier alpha value is -5.58. The summed E-state index contributed by atoms with van der Waals surface area (Å²) >= 11 is 0. The van der Waals surface area contributed by atoms with Gasteiger partial charge in [0.2, 0.25) is 11.8 Å². The fourth-order valence-electron chi connectivity index (χ4n) is 10.4. The summed E-state index contributed by atoms with van der Waals surface area (Å²) in [6.07, 6.45) is 3.33. The summed E-state index contributed by atoms with van der Waals surface area (Å²) in [5.41, 5.74) is 2.49. The summed E-state index contributed by atoms with van der Waals surface area (Å²) in [7, 11) is 0. The molecule has 9 rings (SSSR count). The van der Waals surface area contributed by atoms with E-state index in [1.54, 1.807) is 11.0 Å². The Morgan fingerprint density at radius 3 is 2.48 bits per heavy atom. The number of anilines is 3. The second-order valence-corrected chi connectivity index (χ2v) is 17.9. The van der Waals surface area contributed by atoms with Gasteiger partial charge in [0.15, 0.2) is 17.4 Å². The topological polar surface area (TPSA) is 158 Å². The number of piperidine rings is 2. The maximum absolute atomic E-state index is 14.4. The molecule has 2 atom stereocenters. The van der Waals surface area contributed by atoms with Gasteiger partial charge in [0.05, 0.1) is 22.5 Å². The molecule has 2 aromatic carbocycles. The fraction of sp³-hybridized carbons (Fsp3) is 0.535. The quantitative estimate of drug-likeness (QED) is 0.309. The summed E-state index contributed by atoms with van der Waals surface area (Å²) in [4.78, 5) is 64.6. The molecule has 60 heavy (non-hydrogen) atoms. The van der Waals surface area contributed by atoms with Crippen LogP contribution in [0.15, 0.2) is 36.4 Å². The number of phenolic OH excluding ortho intramolecular Hbond substituents is 1. The lowest BCUT2D eigenvalue weighted by Gasteiger charge is -2.56. The van der Waals surface area contributed by atoms with E-state index in [4.69, 9.17) is 0 Å². The summed E-state index contributed by atoms with van der Waals surface area (Å²) < 4.78 is 28.4. The van der Waals surface area contributed by atoms with E-state index in [1.807, 2.05) is 21.9 Å². The molecule has 17 heteroatoms. The number of aromatic nitrogens is 2. The molecule has 6 aliphatic heterocycles. The minimum atomic E-state index is -1.07. The van der Waals surface area contributed by atoms with Crippen LogP contribution in [0, 0.1) is 17.6 Å². The van der Waals surface area contributed by atoms with Crippen LogP contribution in [-0.4, -0.2) is 141 Å². The van der Waals surface area contributed by atoms with E-state index in [0.717, 1.165) is 69.3 Å². The lowest BCUT2D eigenvalue weighted by molar-refractivity contribution is -0.136. The summed E-state index contributed by atoms with van der Waals surface area (Å²) in [5.74, 6) is -2.39. The van der Waals surface area contributed by atoms with E-state index in [-0.39, 0.29) is 35.5 Å². The third kappa shape index (κ3) is 7.03. The van der Waals surface area contributed by atoms with Gasteiger partial charge < -0.3 is 34.9 Å². The second kappa shape index (κ2) is 15.2. The molecule has 5 amide bonds. The highest BCUT2D eigenvalue weighted by atomic mass is 19.1. The van der Waals surface area contributed by atoms with E-state index < -0.39 is 40.4 Å². The van der Waals surface area contributed by atoms with Crippen LogP contribution >= 0.6 is 0 Å². The van der Waals surface area contributed by atoms with Crippen molar-refractivity contribution in [3.63, 3.8) is 0 Å². The number of hydrogen-bond donors (Lipinski definition) is 3. The van der Waals surface area contributed by atoms with Gasteiger partial charge in [-0.3, -0.25) is 24.6 Å². The Labute approximate surface area is 347 Å². The van der Waals surface area contributed by atoms with Gasteiger partial charge in [-0.2, -0.15) is 0 Å². The molecule has 3 aromatic rings. The van der Waals surface area contributed by atoms with Crippen molar-refractivity contribution in [2.75, 3.05) is 80.6 Å². The zero-order valence-electron chi connectivity index (χ0n) is 34.3. The third-order valence-electron chi connectivity index (χ3n) is 13.8. The van der Waals surface area contributed by atoms with E-state index in [1.165, 1.54) is 0 Å². The molecule has 0 radical (unpaired) electrons. The number of urea groups is 1. The lowest BCUT2D eigenvalue weighted by Crippen LogP contribution is -2.71. The van der Waals surface area contributed by atoms with Gasteiger partial charge in [0.1, 0.15) is 11.9 Å². The number of carbonyl (C=O) groups is 4. The minimum Gasteiger partial charge on any atom is -0.504 e. The number of phenols is 1. The second-order valence-electron chi connectivity index (χ2n) is 17.9. The first-order chi connectivity index (χ1) is 28.7. The molecule has 0 bridgehead atoms. The van der Waals surface area contributed by atoms with Gasteiger partial charge in [-0.15, -0.1) is 10.2 Å². The van der Waals surface area contributed by atoms with Crippen LogP contribution in [0.2, 0.25) is 0 Å². The summed E-state index contributed by atoms with van der Waals surface area (Å²) in [6, 6.07) is 8.79. The molecule has 6 aliphatic rings. The molecule has 3 N–H and O–H groups in total. The van der Waals surface area contributed by atoms with Gasteiger partial charge in [0, 0.05) is 101 Å². The van der Waals surface area contributed by atoms with Crippen LogP contribution < -0.4 is 20.4 Å². The molecule has 15 nitrogen and oxygen atoms in total. The summed E-state index contributed by atoms with van der Waals surface area (Å²) in [5, 5.41) is 24.6. The highest BCUT2D eigenvalue weighted by Gasteiger charge is 2.48. The first-order valence-corrected chi connectivity index (χ1v) is 21.1. The van der Waals surface area contributed by atoms with E-state index >= 15 is 0 Å². The number of aromatic hydroxyl groups is 1. The zero-order valence-corrected chi connectivity index (χ0v) is 34.3. The molecule has 0 unspecified atom stereocenters. The predicted octanol–water partition coefficient (Wildman–Crippen LogP) is 4.02. The average Bonchev–Trinajstić information content (AvgIpc) is 3.56. The van der Waals surface area contributed by atoms with Gasteiger partial charge in [-0.25, -0.2) is 13.6 Å². The number of imide groups is 1. The smallest absolute Gasteiger partial charge is 0.320 e. The monoisotopic (exact) mass is 826 g/mol. The molecule has 1 aromatic heterocycles. The van der Waals surface area contributed by atoms with E-state index in [2.05, 4.69) is 62.4 Å². The zero-order chi connectivity index (χ0) is 42.1. The third-order valence-corrected chi connectivity index (χ3v) is 13.8. The SMILES string of the molecule is CC[C@]12CNc3nnc(-c4cc(F)cc(F)c4O)cc3N1CCN(C(=O)N1CCN(CC3CCN(c4ccc5c(c4)C(=O)N([C@@H]4CCC(=O)NC4=O)C5)CC3)CC1(C)C)C2. The molecule has 4 saturated heterocycles. The van der Waals surface area contributed by atoms with Crippen molar-refractivity contribution in [3.05, 3.63) is 59.2 Å². The largest absolute Gasteiger partial charge is 0.504 e. The van der Waals surface area contributed by atoms with Crippen molar-refractivity contribution in [1.82, 2.24) is 35.1 Å². The normalized spacial score (nSPS) is 24.5. The molecular formula is C43H52F2N10O5. The van der Waals surface area contributed by atoms with E-state index in [9.17, 15) is 33.1 Å². The Kier molecular flexibility index (Phi) is 10.1. The number of benzene rings is 2. The first-order valence-electron chi connectivity index (χ1n) is 21.1. The van der Waals surface area contributed by atoms with Crippen molar-refractivity contribution >= 4 is 40.9 Å². The number of rotatable bonds is 6. The molecule has 318 valence electrons. The number of halogens is 2. The van der Waals surface area contributed by atoms with Crippen LogP contribution in [0.25, 0.3) is 11.3 Å². The van der Waals surface area contributed by atoms with Crippen LogP contribution in [0.5, 0.6) is 5.75 Å². The number of carbonyl (C=O) groups excluding carboxylic acids is 4. The number of fused-ring (bicyclic) bond motifs is 4. The number of nitrogens with zero attached hydrogens (tertiary/aromatic N) is 8. The molecule has 0 saturated carbocycles. The van der Waals surface area contributed by atoms with Crippen LogP contribution in [0.4, 0.5) is 30.8 Å². The van der Waals surface area contributed by atoms with Gasteiger partial charge >= 0.3 is 6.03 Å². The first kappa shape index (κ1) is 39.9. The Bertz CT molecular complexity index is 2250. The van der Waals surface area contributed by atoms with Gasteiger partial charge in [0.25, 0.3) is 5.91 Å². The average molecular weight is 827 g/mol. The van der Waals surface area contributed by atoms with Gasteiger partial charge in [-0.1, -0.05) is 13.0 Å². The van der Waals surface area contributed by atoms with Crippen LogP contribution in [0.1, 0.15) is 68.8 Å². The molecule has 0 spiro atoms. The van der Waals surface area contributed by atoms with Crippen LogP contribution in [-0.2, 0) is 16.1 Å². The number of piperazine rings is 2. The minimum absolute atomic E-state index is 0.0213. The maximum Gasteiger partial charge on any atom is 0.320 e. The molecule has 4 fully saturated rings. The highest BCUT2D eigenvalue weighted by Crippen LogP contribution is 2.42. The number of hydrogen-bond acceptors (Lipinski definition) is 11. The van der Waals surface area contributed by atoms with E-state index in [0.29, 0.717) is 74.7 Å². The van der Waals surface area contributed by atoms with Crippen molar-refractivity contribution in [2.24, 2.45) is 5.92 Å². The standard InChI is InChI=1S/C43H52F2N10O5/c1-4-43-23-46-38-35(20-33(48-49-38)31-17-28(44)18-32(45)37(31)57)54(43)16-14-52(25-43)41(60)55-15-13-50(24-42(55,2)3)21-26-9-11-51(12-10-26)29-6-5-27-22-53(40(59)30(27)19-29)34-7-8-36(56)47-39(34)58/h5-6,17-20,26,34,57H,4,7-16,21-25H2,1-3H3,(H,46,49)(H,47,56,58)/t34-,43-/m1/s1. The van der Waals surface area contributed by atoms with Crippen LogP contribution in [0.3, 0.4) is 0 Å². The maximum atomic E-state index is 14.4. The highest BCUT2D eigenvalue weighted by molar-refractivity contribution is 6.05. The Morgan fingerprint density at radius 1 is 0.933 bits per heavy atom. The number of nitrogens with one attached hydrogen (secondary N) is 2. The van der Waals surface area contributed by atoms with Crippen molar-refractivity contribution in [1.29, 1.82) is 0 Å². The van der Waals surface area contributed by atoms with Crippen molar-refractivity contribution in [3.8, 4) is 17.0 Å².